The molecule has 106 valence electrons. The molecule has 0 saturated heterocycles. The van der Waals surface area contributed by atoms with Crippen LogP contribution in [0.3, 0.4) is 0 Å². The molecule has 0 heterocycles. The lowest BCUT2D eigenvalue weighted by Gasteiger charge is -2.36. The van der Waals surface area contributed by atoms with Crippen molar-refractivity contribution in [1.82, 2.24) is 0 Å². The summed E-state index contributed by atoms with van der Waals surface area (Å²) >= 11 is 0. The van der Waals surface area contributed by atoms with E-state index in [1.54, 1.807) is 12.1 Å². The summed E-state index contributed by atoms with van der Waals surface area (Å²) in [4.78, 5) is 0. The van der Waals surface area contributed by atoms with Crippen LogP contribution < -0.4 is 5.73 Å². The van der Waals surface area contributed by atoms with Crippen LogP contribution in [0.1, 0.15) is 38.7 Å². The van der Waals surface area contributed by atoms with Gasteiger partial charge in [0.25, 0.3) is 0 Å². The number of rotatable bonds is 3. The Morgan fingerprint density at radius 1 is 1.26 bits per heavy atom. The van der Waals surface area contributed by atoms with Gasteiger partial charge in [0.2, 0.25) is 0 Å². The van der Waals surface area contributed by atoms with Gasteiger partial charge in [-0.05, 0) is 55.1 Å². The maximum absolute atomic E-state index is 13.7. The number of nitrogens with two attached hydrogens (primary N) is 1. The van der Waals surface area contributed by atoms with Crippen molar-refractivity contribution in [2.75, 3.05) is 0 Å². The number of hydrogen-bond donors (Lipinski definition) is 1. The summed E-state index contributed by atoms with van der Waals surface area (Å²) in [7, 11) is 0. The van der Waals surface area contributed by atoms with E-state index in [9.17, 15) is 8.78 Å². The molecule has 2 N–H and O–H groups in total. The lowest BCUT2D eigenvalue weighted by Crippen LogP contribution is -2.38. The zero-order chi connectivity index (χ0) is 14.0. The molecule has 19 heavy (non-hydrogen) atoms. The van der Waals surface area contributed by atoms with E-state index in [1.165, 1.54) is 0 Å². The van der Waals surface area contributed by atoms with Crippen molar-refractivity contribution in [3.63, 3.8) is 0 Å². The van der Waals surface area contributed by atoms with Crippen LogP contribution in [0.25, 0.3) is 0 Å². The van der Waals surface area contributed by atoms with Crippen LogP contribution in [0, 0.1) is 29.4 Å². The highest BCUT2D eigenvalue weighted by Gasteiger charge is 2.30. The summed E-state index contributed by atoms with van der Waals surface area (Å²) < 4.78 is 27.0. The fourth-order valence-electron chi connectivity index (χ4n) is 3.15. The summed E-state index contributed by atoms with van der Waals surface area (Å²) in [6.07, 6.45) is 3.72. The van der Waals surface area contributed by atoms with Crippen molar-refractivity contribution in [3.05, 3.63) is 35.4 Å². The Balaban J connectivity index is 2.10. The van der Waals surface area contributed by atoms with Gasteiger partial charge in [0.05, 0.1) is 0 Å². The summed E-state index contributed by atoms with van der Waals surface area (Å²) in [6.45, 7) is 4.45. The van der Waals surface area contributed by atoms with Gasteiger partial charge in [-0.1, -0.05) is 26.0 Å². The van der Waals surface area contributed by atoms with E-state index in [2.05, 4.69) is 13.8 Å². The third-order valence-corrected chi connectivity index (χ3v) is 4.54. The lowest BCUT2D eigenvalue weighted by molar-refractivity contribution is 0.188. The van der Waals surface area contributed by atoms with Crippen LogP contribution in [-0.4, -0.2) is 6.04 Å². The first-order chi connectivity index (χ1) is 8.99. The first-order valence-corrected chi connectivity index (χ1v) is 7.17. The minimum Gasteiger partial charge on any atom is -0.327 e. The largest absolute Gasteiger partial charge is 0.327 e. The fraction of sp³-hybridized carbons (Fsp3) is 0.625. The quantitative estimate of drug-likeness (QED) is 0.883. The molecule has 0 amide bonds. The number of halogens is 2. The monoisotopic (exact) mass is 267 g/mol. The van der Waals surface area contributed by atoms with Gasteiger partial charge in [0.1, 0.15) is 0 Å². The van der Waals surface area contributed by atoms with Gasteiger partial charge < -0.3 is 5.73 Å². The Hall–Kier alpha value is -0.960. The lowest BCUT2D eigenvalue weighted by atomic mass is 9.72. The van der Waals surface area contributed by atoms with E-state index < -0.39 is 11.6 Å². The molecule has 3 heteroatoms. The molecule has 1 aliphatic carbocycles. The number of hydrogen-bond acceptors (Lipinski definition) is 1. The van der Waals surface area contributed by atoms with E-state index in [1.807, 2.05) is 0 Å². The Morgan fingerprint density at radius 2 is 2.00 bits per heavy atom. The molecule has 1 aliphatic rings. The molecule has 0 spiro atoms. The summed E-state index contributed by atoms with van der Waals surface area (Å²) in [5, 5.41) is 0. The van der Waals surface area contributed by atoms with Crippen LogP contribution >= 0.6 is 0 Å². The Kier molecular flexibility index (Phi) is 4.56. The van der Waals surface area contributed by atoms with E-state index in [0.717, 1.165) is 25.3 Å². The zero-order valence-electron chi connectivity index (χ0n) is 11.7. The van der Waals surface area contributed by atoms with E-state index in [-0.39, 0.29) is 12.0 Å². The van der Waals surface area contributed by atoms with E-state index >= 15 is 0 Å². The summed E-state index contributed by atoms with van der Waals surface area (Å²) in [5.74, 6) is 0.0786. The van der Waals surface area contributed by atoms with Gasteiger partial charge in [-0.25, -0.2) is 8.78 Å². The van der Waals surface area contributed by atoms with Crippen molar-refractivity contribution < 1.29 is 8.78 Å². The van der Waals surface area contributed by atoms with E-state index in [4.69, 9.17) is 5.73 Å². The van der Waals surface area contributed by atoms with Gasteiger partial charge in [0.15, 0.2) is 11.6 Å². The van der Waals surface area contributed by atoms with Crippen molar-refractivity contribution in [2.45, 2.75) is 45.6 Å². The second-order valence-electron chi connectivity index (χ2n) is 6.16. The van der Waals surface area contributed by atoms with Crippen molar-refractivity contribution in [3.8, 4) is 0 Å². The van der Waals surface area contributed by atoms with Crippen LogP contribution in [0.5, 0.6) is 0 Å². The van der Waals surface area contributed by atoms with Crippen LogP contribution in [-0.2, 0) is 6.42 Å². The molecule has 1 fully saturated rings. The highest BCUT2D eigenvalue weighted by molar-refractivity contribution is 5.20. The fourth-order valence-corrected chi connectivity index (χ4v) is 3.15. The first-order valence-electron chi connectivity index (χ1n) is 7.17. The second kappa shape index (κ2) is 6.00. The first kappa shape index (κ1) is 14.4. The Labute approximate surface area is 114 Å². The zero-order valence-corrected chi connectivity index (χ0v) is 11.7. The molecular formula is C16H23F2N. The van der Waals surface area contributed by atoms with Crippen LogP contribution in [0.2, 0.25) is 0 Å². The van der Waals surface area contributed by atoms with Crippen LogP contribution in [0.15, 0.2) is 18.2 Å². The predicted octanol–water partition coefficient (Wildman–Crippen LogP) is 3.91. The number of benzene rings is 1. The molecule has 0 bridgehead atoms. The molecule has 2 rings (SSSR count). The van der Waals surface area contributed by atoms with Gasteiger partial charge in [-0.15, -0.1) is 0 Å². The Morgan fingerprint density at radius 3 is 2.68 bits per heavy atom. The normalized spacial score (nSPS) is 27.8. The Bertz CT molecular complexity index is 431. The molecule has 0 aliphatic heterocycles. The predicted molar refractivity (Wildman–Crippen MR) is 73.7 cm³/mol. The third-order valence-electron chi connectivity index (χ3n) is 4.54. The molecule has 1 aromatic rings. The average Bonchev–Trinajstić information content (AvgIpc) is 2.37. The van der Waals surface area contributed by atoms with E-state index in [0.29, 0.717) is 23.8 Å². The van der Waals surface area contributed by atoms with Crippen LogP contribution in [0.4, 0.5) is 8.78 Å². The van der Waals surface area contributed by atoms with Gasteiger partial charge in [-0.3, -0.25) is 0 Å². The highest BCUT2D eigenvalue weighted by atomic mass is 19.2. The smallest absolute Gasteiger partial charge is 0.162 e. The summed E-state index contributed by atoms with van der Waals surface area (Å²) in [6, 6.07) is 4.51. The maximum Gasteiger partial charge on any atom is 0.162 e. The summed E-state index contributed by atoms with van der Waals surface area (Å²) in [5.41, 5.74) is 6.62. The standard InChI is InChI=1S/C16H23F2N/c1-10(2)11-6-7-15(19)13(8-11)9-12-4-3-5-14(17)16(12)18/h3-5,10-11,13,15H,6-9,19H2,1-2H3. The molecule has 0 radical (unpaired) electrons. The van der Waals surface area contributed by atoms with Crippen molar-refractivity contribution in [2.24, 2.45) is 23.5 Å². The molecule has 1 aromatic carbocycles. The molecule has 3 atom stereocenters. The minimum absolute atomic E-state index is 0.109. The molecule has 3 unspecified atom stereocenters. The molecule has 0 aromatic heterocycles. The van der Waals surface area contributed by atoms with Gasteiger partial charge in [-0.2, -0.15) is 0 Å². The highest BCUT2D eigenvalue weighted by Crippen LogP contribution is 2.35. The SMILES string of the molecule is CC(C)C1CCC(N)C(Cc2cccc(F)c2F)C1. The van der Waals surface area contributed by atoms with Gasteiger partial charge >= 0.3 is 0 Å². The molecule has 1 saturated carbocycles. The topological polar surface area (TPSA) is 26.0 Å². The molecule has 1 nitrogen and oxygen atoms in total. The minimum atomic E-state index is -0.762. The van der Waals surface area contributed by atoms with Crippen molar-refractivity contribution in [1.29, 1.82) is 0 Å². The average molecular weight is 267 g/mol. The second-order valence-corrected chi connectivity index (χ2v) is 6.16. The third kappa shape index (κ3) is 3.33. The van der Waals surface area contributed by atoms with Gasteiger partial charge in [0, 0.05) is 6.04 Å². The van der Waals surface area contributed by atoms with Crippen molar-refractivity contribution >= 4 is 0 Å². The maximum atomic E-state index is 13.7. The molecular weight excluding hydrogens is 244 g/mol.